The number of nitrogens with one attached hydrogen (secondary N) is 1. The van der Waals surface area contributed by atoms with Gasteiger partial charge in [-0.25, -0.2) is 0 Å². The van der Waals surface area contributed by atoms with Crippen LogP contribution in [0.1, 0.15) is 12.8 Å². The number of amides is 1. The number of hydrogen-bond acceptors (Lipinski definition) is 5. The number of carbonyl (C=O) groups excluding carboxylic acids is 1. The van der Waals surface area contributed by atoms with Crippen molar-refractivity contribution in [3.05, 3.63) is 6.20 Å². The number of alkyl halides is 3. The van der Waals surface area contributed by atoms with Gasteiger partial charge in [0.2, 0.25) is 5.91 Å². The molecule has 1 rings (SSSR count). The van der Waals surface area contributed by atoms with E-state index in [1.165, 1.54) is 6.20 Å². The summed E-state index contributed by atoms with van der Waals surface area (Å²) in [5.74, 6) is -2.43. The van der Waals surface area contributed by atoms with Gasteiger partial charge in [-0.15, -0.1) is 5.10 Å². The van der Waals surface area contributed by atoms with Gasteiger partial charge in [0.25, 0.3) is 0 Å². The third-order valence-electron chi connectivity index (χ3n) is 2.03. The predicted octanol–water partition coefficient (Wildman–Crippen LogP) is 1.39. The lowest BCUT2D eigenvalue weighted by Crippen LogP contribution is -2.29. The average Bonchev–Trinajstić information content (AvgIpc) is 2.68. The van der Waals surface area contributed by atoms with Crippen molar-refractivity contribution in [1.29, 1.82) is 0 Å². The summed E-state index contributed by atoms with van der Waals surface area (Å²) in [6, 6.07) is 0. The largest absolute Gasteiger partial charge is 0.392 e. The number of aromatic nitrogens is 2. The van der Waals surface area contributed by atoms with E-state index in [1.54, 1.807) is 0 Å². The standard InChI is InChI=1S/C8H11F3N4OS/c9-8(10,11)5(1-2-12)3-6(16)14-7-4-13-15-17-7/h4-5H,1-3,12H2,(H,14,16). The second-order valence-electron chi connectivity index (χ2n) is 3.35. The Labute approximate surface area is 99.4 Å². The summed E-state index contributed by atoms with van der Waals surface area (Å²) < 4.78 is 40.9. The fourth-order valence-corrected chi connectivity index (χ4v) is 1.65. The first-order chi connectivity index (χ1) is 7.93. The van der Waals surface area contributed by atoms with E-state index in [2.05, 4.69) is 14.9 Å². The topological polar surface area (TPSA) is 80.9 Å². The lowest BCUT2D eigenvalue weighted by atomic mass is 10.0. The molecule has 1 heterocycles. The van der Waals surface area contributed by atoms with Crippen molar-refractivity contribution in [2.75, 3.05) is 11.9 Å². The predicted molar refractivity (Wildman–Crippen MR) is 56.4 cm³/mol. The molecule has 1 unspecified atom stereocenters. The van der Waals surface area contributed by atoms with Crippen LogP contribution in [0, 0.1) is 5.92 Å². The van der Waals surface area contributed by atoms with Gasteiger partial charge in [-0.2, -0.15) is 13.2 Å². The van der Waals surface area contributed by atoms with Crippen molar-refractivity contribution in [3.8, 4) is 0 Å². The highest BCUT2D eigenvalue weighted by Gasteiger charge is 2.40. The molecule has 1 aromatic heterocycles. The van der Waals surface area contributed by atoms with Crippen LogP contribution in [0.4, 0.5) is 18.2 Å². The molecule has 96 valence electrons. The van der Waals surface area contributed by atoms with E-state index in [4.69, 9.17) is 5.73 Å². The van der Waals surface area contributed by atoms with Crippen LogP contribution >= 0.6 is 11.5 Å². The SMILES string of the molecule is NCCC(CC(=O)Nc1cnns1)C(F)(F)F. The zero-order valence-electron chi connectivity index (χ0n) is 8.70. The molecule has 1 aromatic rings. The Bertz CT molecular complexity index is 354. The highest BCUT2D eigenvalue weighted by Crippen LogP contribution is 2.31. The van der Waals surface area contributed by atoms with Gasteiger partial charge in [-0.3, -0.25) is 4.79 Å². The van der Waals surface area contributed by atoms with Crippen LogP contribution in [0.25, 0.3) is 0 Å². The van der Waals surface area contributed by atoms with Crippen LogP contribution in [0.5, 0.6) is 0 Å². The fourth-order valence-electron chi connectivity index (χ4n) is 1.22. The zero-order chi connectivity index (χ0) is 12.9. The van der Waals surface area contributed by atoms with E-state index in [-0.39, 0.29) is 13.0 Å². The van der Waals surface area contributed by atoms with Crippen molar-refractivity contribution in [2.45, 2.75) is 19.0 Å². The molecule has 0 aliphatic carbocycles. The van der Waals surface area contributed by atoms with Gasteiger partial charge in [0, 0.05) is 18.0 Å². The summed E-state index contributed by atoms with van der Waals surface area (Å²) in [4.78, 5) is 11.3. The minimum atomic E-state index is -4.41. The lowest BCUT2D eigenvalue weighted by molar-refractivity contribution is -0.179. The van der Waals surface area contributed by atoms with Crippen LogP contribution in [0.2, 0.25) is 0 Å². The molecule has 0 aliphatic rings. The number of carbonyl (C=O) groups is 1. The summed E-state index contributed by atoms with van der Waals surface area (Å²) in [7, 11) is 0. The van der Waals surface area contributed by atoms with Crippen molar-refractivity contribution >= 4 is 22.4 Å². The van der Waals surface area contributed by atoms with E-state index in [9.17, 15) is 18.0 Å². The molecular formula is C8H11F3N4OS. The van der Waals surface area contributed by atoms with Gasteiger partial charge in [-0.1, -0.05) is 4.49 Å². The molecule has 17 heavy (non-hydrogen) atoms. The van der Waals surface area contributed by atoms with E-state index in [0.717, 1.165) is 11.5 Å². The maximum atomic E-state index is 12.5. The molecule has 0 bridgehead atoms. The van der Waals surface area contributed by atoms with Crippen molar-refractivity contribution < 1.29 is 18.0 Å². The van der Waals surface area contributed by atoms with Crippen LogP contribution in [0.3, 0.4) is 0 Å². The number of nitrogens with zero attached hydrogens (tertiary/aromatic N) is 2. The molecule has 1 amide bonds. The Morgan fingerprint density at radius 1 is 1.59 bits per heavy atom. The first-order valence-electron chi connectivity index (χ1n) is 4.77. The molecule has 9 heteroatoms. The maximum absolute atomic E-state index is 12.5. The highest BCUT2D eigenvalue weighted by molar-refractivity contribution is 7.10. The number of hydrogen-bond donors (Lipinski definition) is 2. The van der Waals surface area contributed by atoms with Crippen LogP contribution < -0.4 is 11.1 Å². The van der Waals surface area contributed by atoms with Crippen LogP contribution in [0.15, 0.2) is 6.20 Å². The number of rotatable bonds is 5. The molecule has 0 fully saturated rings. The summed E-state index contributed by atoms with van der Waals surface area (Å²) in [6.07, 6.45) is -4.05. The first kappa shape index (κ1) is 13.8. The first-order valence-corrected chi connectivity index (χ1v) is 5.55. The zero-order valence-corrected chi connectivity index (χ0v) is 9.51. The molecule has 0 aromatic carbocycles. The Morgan fingerprint density at radius 3 is 2.76 bits per heavy atom. The lowest BCUT2D eigenvalue weighted by Gasteiger charge is -2.18. The van der Waals surface area contributed by atoms with Gasteiger partial charge in [0.15, 0.2) is 0 Å². The monoisotopic (exact) mass is 268 g/mol. The third kappa shape index (κ3) is 4.65. The van der Waals surface area contributed by atoms with E-state index in [0.29, 0.717) is 5.00 Å². The maximum Gasteiger partial charge on any atom is 0.392 e. The Kier molecular flexibility index (Phi) is 4.82. The average molecular weight is 268 g/mol. The molecule has 1 atom stereocenters. The molecule has 0 aliphatic heterocycles. The smallest absolute Gasteiger partial charge is 0.330 e. The van der Waals surface area contributed by atoms with E-state index < -0.39 is 24.4 Å². The summed E-state index contributed by atoms with van der Waals surface area (Å²) in [5.41, 5.74) is 5.09. The van der Waals surface area contributed by atoms with Gasteiger partial charge in [0.1, 0.15) is 5.00 Å². The fraction of sp³-hybridized carbons (Fsp3) is 0.625. The number of anilines is 1. The molecule has 5 nitrogen and oxygen atoms in total. The minimum Gasteiger partial charge on any atom is -0.330 e. The molecule has 0 saturated carbocycles. The normalized spacial score (nSPS) is 13.4. The van der Waals surface area contributed by atoms with Gasteiger partial charge in [0.05, 0.1) is 12.1 Å². The van der Waals surface area contributed by atoms with Gasteiger partial charge in [-0.05, 0) is 13.0 Å². The summed E-state index contributed by atoms with van der Waals surface area (Å²) in [6.45, 7) is -0.112. The molecule has 0 radical (unpaired) electrons. The van der Waals surface area contributed by atoms with Crippen molar-refractivity contribution in [1.82, 2.24) is 9.59 Å². The van der Waals surface area contributed by atoms with Crippen molar-refractivity contribution in [3.63, 3.8) is 0 Å². The number of nitrogens with two attached hydrogens (primary N) is 1. The van der Waals surface area contributed by atoms with E-state index in [1.807, 2.05) is 0 Å². The van der Waals surface area contributed by atoms with Crippen LogP contribution in [-0.2, 0) is 4.79 Å². The minimum absolute atomic E-state index is 0.112. The molecule has 3 N–H and O–H groups in total. The third-order valence-corrected chi connectivity index (χ3v) is 2.61. The summed E-state index contributed by atoms with van der Waals surface area (Å²) in [5, 5.41) is 6.07. The van der Waals surface area contributed by atoms with Gasteiger partial charge < -0.3 is 11.1 Å². The van der Waals surface area contributed by atoms with E-state index >= 15 is 0 Å². The highest BCUT2D eigenvalue weighted by atomic mass is 32.1. The second-order valence-corrected chi connectivity index (χ2v) is 4.14. The van der Waals surface area contributed by atoms with Crippen LogP contribution in [-0.4, -0.2) is 28.2 Å². The quantitative estimate of drug-likeness (QED) is 0.845. The second kappa shape index (κ2) is 5.92. The molecule has 0 spiro atoms. The Balaban J connectivity index is 2.52. The van der Waals surface area contributed by atoms with Crippen molar-refractivity contribution in [2.24, 2.45) is 11.7 Å². The Hall–Kier alpha value is -1.22. The van der Waals surface area contributed by atoms with Gasteiger partial charge >= 0.3 is 6.18 Å². The summed E-state index contributed by atoms with van der Waals surface area (Å²) >= 11 is 0.900. The molecule has 0 saturated heterocycles. The molecular weight excluding hydrogens is 257 g/mol. The Morgan fingerprint density at radius 2 is 2.29 bits per heavy atom. The number of halogens is 3.